The van der Waals surface area contributed by atoms with Gasteiger partial charge in [0, 0.05) is 38.6 Å². The fourth-order valence-electron chi connectivity index (χ4n) is 7.16. The first-order valence-corrected chi connectivity index (χ1v) is 20.0. The number of ether oxygens (including phenoxy) is 9. The number of esters is 2. The van der Waals surface area contributed by atoms with Gasteiger partial charge in [-0.15, -0.1) is 0 Å². The van der Waals surface area contributed by atoms with Gasteiger partial charge in [0.2, 0.25) is 0 Å². The van der Waals surface area contributed by atoms with E-state index in [2.05, 4.69) is 26.8 Å². The van der Waals surface area contributed by atoms with Crippen molar-refractivity contribution in [3.63, 3.8) is 0 Å². The summed E-state index contributed by atoms with van der Waals surface area (Å²) in [7, 11) is 0. The van der Waals surface area contributed by atoms with Gasteiger partial charge < -0.3 is 42.6 Å². The lowest BCUT2D eigenvalue weighted by Crippen LogP contribution is -2.42. The van der Waals surface area contributed by atoms with Crippen molar-refractivity contribution in [1.29, 1.82) is 0 Å². The predicted molar refractivity (Wildman–Crippen MR) is 205 cm³/mol. The third-order valence-electron chi connectivity index (χ3n) is 9.84. The topological polar surface area (TPSA) is 121 Å². The molecule has 1 fully saturated rings. The van der Waals surface area contributed by atoms with E-state index in [0.29, 0.717) is 26.2 Å². The zero-order chi connectivity index (χ0) is 39.7. The summed E-state index contributed by atoms with van der Waals surface area (Å²) in [4.78, 5) is 25.9. The molecule has 0 spiro atoms. The van der Waals surface area contributed by atoms with Gasteiger partial charge in [-0.3, -0.25) is 9.59 Å². The summed E-state index contributed by atoms with van der Waals surface area (Å²) >= 11 is 0. The molecule has 2 heterocycles. The number of hydrogen-bond acceptors (Lipinski definition) is 11. The standard InChI is InChI=1S/C42H72O11/c1-14-36(50-33(12)46-16-3)30(9)42-38(52-42)23-26(5)19-18-20-27(6)40-28(7)21-22-37(48-31(10)43)41(51-34(13)47-17-4)29(8)24-35(25-39(44)53-40)49-32(11)45-15-2/h18-22,26,28-30,32-38,40-42H,14-17,23-25H2,1-13H3/b19-18+,22-21-,27-20+. The molecule has 11 nitrogen and oxygen atoms in total. The summed E-state index contributed by atoms with van der Waals surface area (Å²) in [6, 6.07) is 0. The van der Waals surface area contributed by atoms with Crippen molar-refractivity contribution in [2.45, 2.75) is 177 Å². The molecule has 0 aromatic carbocycles. The summed E-state index contributed by atoms with van der Waals surface area (Å²) in [6.45, 7) is 26.7. The van der Waals surface area contributed by atoms with Crippen molar-refractivity contribution in [2.75, 3.05) is 19.8 Å². The molecule has 0 aromatic rings. The molecule has 14 atom stereocenters. The van der Waals surface area contributed by atoms with Gasteiger partial charge in [0.05, 0.1) is 30.8 Å². The van der Waals surface area contributed by atoms with Gasteiger partial charge in [0.15, 0.2) is 18.9 Å². The molecule has 53 heavy (non-hydrogen) atoms. The molecule has 2 aliphatic heterocycles. The Morgan fingerprint density at radius 2 is 1.53 bits per heavy atom. The van der Waals surface area contributed by atoms with Gasteiger partial charge in [0.25, 0.3) is 0 Å². The lowest BCUT2D eigenvalue weighted by Gasteiger charge is -2.35. The third kappa shape index (κ3) is 17.1. The highest BCUT2D eigenvalue weighted by atomic mass is 16.7. The summed E-state index contributed by atoms with van der Waals surface area (Å²) in [5.74, 6) is -0.692. The van der Waals surface area contributed by atoms with E-state index in [1.165, 1.54) is 6.92 Å². The highest BCUT2D eigenvalue weighted by Gasteiger charge is 2.46. The second-order valence-electron chi connectivity index (χ2n) is 14.7. The maximum absolute atomic E-state index is 13.6. The monoisotopic (exact) mass is 753 g/mol. The van der Waals surface area contributed by atoms with Gasteiger partial charge in [0.1, 0.15) is 18.3 Å². The van der Waals surface area contributed by atoms with Crippen molar-refractivity contribution >= 4 is 11.9 Å². The first kappa shape index (κ1) is 47.0. The Morgan fingerprint density at radius 1 is 0.906 bits per heavy atom. The van der Waals surface area contributed by atoms with E-state index in [-0.39, 0.29) is 60.7 Å². The van der Waals surface area contributed by atoms with E-state index in [0.717, 1.165) is 18.4 Å². The Bertz CT molecular complexity index is 1150. The summed E-state index contributed by atoms with van der Waals surface area (Å²) in [5.41, 5.74) is 0.881. The average Bonchev–Trinajstić information content (AvgIpc) is 3.84. The lowest BCUT2D eigenvalue weighted by atomic mass is 9.90. The minimum Gasteiger partial charge on any atom is -0.457 e. The summed E-state index contributed by atoms with van der Waals surface area (Å²) in [5, 5.41) is 0. The van der Waals surface area contributed by atoms with Crippen LogP contribution in [0.5, 0.6) is 0 Å². The number of hydrogen-bond donors (Lipinski definition) is 0. The molecular weight excluding hydrogens is 680 g/mol. The van der Waals surface area contributed by atoms with E-state index < -0.39 is 43.0 Å². The van der Waals surface area contributed by atoms with Crippen molar-refractivity contribution in [1.82, 2.24) is 0 Å². The highest BCUT2D eigenvalue weighted by molar-refractivity contribution is 5.70. The maximum atomic E-state index is 13.6. The summed E-state index contributed by atoms with van der Waals surface area (Å²) < 4.78 is 53.9. The van der Waals surface area contributed by atoms with Crippen LogP contribution in [0.1, 0.15) is 116 Å². The van der Waals surface area contributed by atoms with Crippen LogP contribution in [-0.4, -0.2) is 93.4 Å². The fraction of sp³-hybridized carbons (Fsp3) is 0.810. The number of rotatable bonds is 21. The van der Waals surface area contributed by atoms with Crippen molar-refractivity contribution in [2.24, 2.45) is 23.7 Å². The van der Waals surface area contributed by atoms with Crippen LogP contribution in [0, 0.1) is 23.7 Å². The van der Waals surface area contributed by atoms with Crippen molar-refractivity contribution in [3.8, 4) is 0 Å². The van der Waals surface area contributed by atoms with Gasteiger partial charge >= 0.3 is 11.9 Å². The Balaban J connectivity index is 2.28. The van der Waals surface area contributed by atoms with Crippen LogP contribution >= 0.6 is 0 Å². The second-order valence-corrected chi connectivity index (χ2v) is 14.7. The number of cyclic esters (lactones) is 1. The van der Waals surface area contributed by atoms with Crippen molar-refractivity contribution in [3.05, 3.63) is 36.0 Å². The van der Waals surface area contributed by atoms with Crippen LogP contribution in [0.2, 0.25) is 0 Å². The molecule has 1 saturated heterocycles. The minimum absolute atomic E-state index is 0.0241. The maximum Gasteiger partial charge on any atom is 0.309 e. The van der Waals surface area contributed by atoms with Gasteiger partial charge in [-0.25, -0.2) is 0 Å². The van der Waals surface area contributed by atoms with Crippen LogP contribution in [0.3, 0.4) is 0 Å². The molecule has 0 bridgehead atoms. The zero-order valence-electron chi connectivity index (χ0n) is 34.9. The van der Waals surface area contributed by atoms with Crippen molar-refractivity contribution < 1.29 is 52.2 Å². The molecule has 0 aromatic heterocycles. The van der Waals surface area contributed by atoms with Crippen LogP contribution in [0.25, 0.3) is 0 Å². The molecule has 11 heteroatoms. The molecule has 0 radical (unpaired) electrons. The lowest BCUT2D eigenvalue weighted by molar-refractivity contribution is -0.205. The first-order valence-electron chi connectivity index (χ1n) is 20.0. The Hall–Kier alpha value is -2.12. The first-order chi connectivity index (χ1) is 25.1. The SMILES string of the molecule is CCOC(C)OC1CC(=O)OC(/C(C)=C/C=C/C(C)CC2OC2C(C)C(CC)OC(C)OCC)C(C)/C=C\C(OC(C)=O)C(OC(C)OCC)C(C)C1. The Labute approximate surface area is 320 Å². The fourth-order valence-corrected chi connectivity index (χ4v) is 7.16. The van der Waals surface area contributed by atoms with E-state index in [4.69, 9.17) is 42.6 Å². The Morgan fingerprint density at radius 3 is 2.13 bits per heavy atom. The number of epoxide rings is 1. The number of carbonyl (C=O) groups is 2. The molecule has 0 amide bonds. The van der Waals surface area contributed by atoms with E-state index >= 15 is 0 Å². The molecule has 2 rings (SSSR count). The van der Waals surface area contributed by atoms with E-state index in [9.17, 15) is 9.59 Å². The van der Waals surface area contributed by atoms with Crippen LogP contribution in [0.15, 0.2) is 36.0 Å². The van der Waals surface area contributed by atoms with E-state index in [1.807, 2.05) is 86.6 Å². The molecule has 0 N–H and O–H groups in total. The minimum atomic E-state index is -0.706. The normalized spacial score (nSPS) is 31.3. The molecule has 2 aliphatic rings. The molecule has 0 aliphatic carbocycles. The molecular formula is C42H72O11. The Kier molecular flexibility index (Phi) is 21.7. The third-order valence-corrected chi connectivity index (χ3v) is 9.84. The molecule has 306 valence electrons. The van der Waals surface area contributed by atoms with Crippen LogP contribution in [0.4, 0.5) is 0 Å². The van der Waals surface area contributed by atoms with E-state index in [1.54, 1.807) is 0 Å². The number of carbonyl (C=O) groups excluding carboxylic acids is 2. The van der Waals surface area contributed by atoms with Gasteiger partial charge in [-0.05, 0) is 91.2 Å². The van der Waals surface area contributed by atoms with Gasteiger partial charge in [-0.1, -0.05) is 58.9 Å². The highest BCUT2D eigenvalue weighted by Crippen LogP contribution is 2.38. The zero-order valence-corrected chi connectivity index (χ0v) is 34.9. The summed E-state index contributed by atoms with van der Waals surface area (Å²) in [6.07, 6.45) is 8.97. The second kappa shape index (κ2) is 24.4. The smallest absolute Gasteiger partial charge is 0.309 e. The predicted octanol–water partition coefficient (Wildman–Crippen LogP) is 8.10. The quantitative estimate of drug-likeness (QED) is 0.0372. The van der Waals surface area contributed by atoms with Crippen LogP contribution in [-0.2, 0) is 52.2 Å². The molecule has 0 saturated carbocycles. The number of allylic oxidation sites excluding steroid dienone is 3. The average molecular weight is 753 g/mol. The largest absolute Gasteiger partial charge is 0.457 e. The van der Waals surface area contributed by atoms with Gasteiger partial charge in [-0.2, -0.15) is 0 Å². The van der Waals surface area contributed by atoms with Crippen LogP contribution < -0.4 is 0 Å². The molecule has 14 unspecified atom stereocenters.